The number of rotatable bonds is 4. The number of anilines is 1. The van der Waals surface area contributed by atoms with Gasteiger partial charge in [-0.1, -0.05) is 23.8 Å². The maximum absolute atomic E-state index is 12.7. The minimum atomic E-state index is -3.60. The fourth-order valence-electron chi connectivity index (χ4n) is 2.68. The van der Waals surface area contributed by atoms with Gasteiger partial charge in [-0.3, -0.25) is 4.79 Å². The van der Waals surface area contributed by atoms with Crippen LogP contribution in [0, 0.1) is 6.92 Å². The quantitative estimate of drug-likeness (QED) is 0.922. The Kier molecular flexibility index (Phi) is 4.52. The fourth-order valence-corrected chi connectivity index (χ4v) is 5.45. The van der Waals surface area contributed by atoms with Gasteiger partial charge in [0, 0.05) is 12.2 Å². The minimum Gasteiger partial charge on any atom is -0.325 e. The van der Waals surface area contributed by atoms with E-state index < -0.39 is 16.1 Å². The third-order valence-electron chi connectivity index (χ3n) is 3.88. The van der Waals surface area contributed by atoms with E-state index in [-0.39, 0.29) is 10.1 Å². The normalized spacial score (nSPS) is 18.9. The molecule has 1 saturated heterocycles. The molecule has 0 bridgehead atoms. The van der Waals surface area contributed by atoms with Crippen molar-refractivity contribution in [3.8, 4) is 0 Å². The third kappa shape index (κ3) is 3.31. The van der Waals surface area contributed by atoms with Crippen molar-refractivity contribution in [3.63, 3.8) is 0 Å². The number of carbonyl (C=O) groups is 1. The van der Waals surface area contributed by atoms with Crippen molar-refractivity contribution in [2.75, 3.05) is 11.9 Å². The summed E-state index contributed by atoms with van der Waals surface area (Å²) in [7, 11) is -3.60. The van der Waals surface area contributed by atoms with E-state index in [0.29, 0.717) is 25.1 Å². The molecule has 0 saturated carbocycles. The summed E-state index contributed by atoms with van der Waals surface area (Å²) in [6, 6.07) is 10.1. The first kappa shape index (κ1) is 16.2. The van der Waals surface area contributed by atoms with E-state index in [9.17, 15) is 13.2 Å². The molecule has 0 radical (unpaired) electrons. The van der Waals surface area contributed by atoms with Gasteiger partial charge in [0.05, 0.1) is 0 Å². The number of carbonyl (C=O) groups excluding carboxylic acids is 1. The summed E-state index contributed by atoms with van der Waals surface area (Å²) in [6.45, 7) is 2.35. The molecule has 0 spiro atoms. The van der Waals surface area contributed by atoms with E-state index in [1.807, 2.05) is 31.2 Å². The molecular weight excluding hydrogens is 332 g/mol. The van der Waals surface area contributed by atoms with Gasteiger partial charge in [0.2, 0.25) is 5.91 Å². The largest absolute Gasteiger partial charge is 0.325 e. The first-order valence-electron chi connectivity index (χ1n) is 7.41. The maximum atomic E-state index is 12.7. The molecule has 3 rings (SSSR count). The monoisotopic (exact) mass is 350 g/mol. The van der Waals surface area contributed by atoms with E-state index in [1.54, 1.807) is 17.5 Å². The van der Waals surface area contributed by atoms with E-state index in [4.69, 9.17) is 0 Å². The molecule has 1 atom stereocenters. The van der Waals surface area contributed by atoms with Gasteiger partial charge in [0.25, 0.3) is 10.0 Å². The number of hydrogen-bond acceptors (Lipinski definition) is 4. The summed E-state index contributed by atoms with van der Waals surface area (Å²) in [5.41, 5.74) is 1.78. The van der Waals surface area contributed by atoms with Crippen LogP contribution < -0.4 is 5.32 Å². The number of nitrogens with one attached hydrogen (secondary N) is 1. The van der Waals surface area contributed by atoms with Crippen molar-refractivity contribution >= 4 is 33.0 Å². The minimum absolute atomic E-state index is 0.272. The van der Waals surface area contributed by atoms with Crippen LogP contribution in [0.4, 0.5) is 5.69 Å². The Morgan fingerprint density at radius 2 is 2.00 bits per heavy atom. The number of thiophene rings is 1. The topological polar surface area (TPSA) is 66.5 Å². The maximum Gasteiger partial charge on any atom is 0.253 e. The molecule has 1 aliphatic rings. The van der Waals surface area contributed by atoms with Crippen LogP contribution >= 0.6 is 11.3 Å². The molecule has 2 heterocycles. The van der Waals surface area contributed by atoms with Crippen LogP contribution in [0.15, 0.2) is 46.0 Å². The number of sulfonamides is 1. The Morgan fingerprint density at radius 1 is 1.26 bits per heavy atom. The van der Waals surface area contributed by atoms with Crippen LogP contribution in [0.1, 0.15) is 18.4 Å². The molecule has 0 unspecified atom stereocenters. The number of hydrogen-bond donors (Lipinski definition) is 1. The van der Waals surface area contributed by atoms with Gasteiger partial charge in [-0.05, 0) is 43.3 Å². The van der Waals surface area contributed by atoms with Gasteiger partial charge in [0.15, 0.2) is 0 Å². The predicted octanol–water partition coefficient (Wildman–Crippen LogP) is 2.85. The molecule has 1 aromatic carbocycles. The summed E-state index contributed by atoms with van der Waals surface area (Å²) in [4.78, 5) is 12.5. The lowest BCUT2D eigenvalue weighted by atomic mass is 10.2. The lowest BCUT2D eigenvalue weighted by Crippen LogP contribution is -2.42. The number of benzene rings is 1. The lowest BCUT2D eigenvalue weighted by Gasteiger charge is -2.22. The Morgan fingerprint density at radius 3 is 2.65 bits per heavy atom. The van der Waals surface area contributed by atoms with Crippen molar-refractivity contribution in [1.29, 1.82) is 0 Å². The Hall–Kier alpha value is -1.70. The SMILES string of the molecule is Cc1ccc(NC(=O)[C@@H]2CCCN2S(=O)(=O)c2cccs2)cc1. The standard InChI is InChI=1S/C16H18N2O3S2/c1-12-6-8-13(9-7-12)17-16(19)14-4-2-10-18(14)23(20,21)15-5-3-11-22-15/h3,5-9,11,14H,2,4,10H2,1H3,(H,17,19)/t14-/m0/s1. The van der Waals surface area contributed by atoms with Crippen LogP contribution in [-0.2, 0) is 14.8 Å². The molecule has 1 aliphatic heterocycles. The summed E-state index contributed by atoms with van der Waals surface area (Å²) >= 11 is 1.17. The second-order valence-electron chi connectivity index (χ2n) is 5.56. The van der Waals surface area contributed by atoms with Gasteiger partial charge >= 0.3 is 0 Å². The molecule has 1 amide bonds. The van der Waals surface area contributed by atoms with Gasteiger partial charge in [-0.25, -0.2) is 8.42 Å². The first-order valence-corrected chi connectivity index (χ1v) is 9.73. The van der Waals surface area contributed by atoms with Crippen LogP contribution in [0.2, 0.25) is 0 Å². The van der Waals surface area contributed by atoms with Gasteiger partial charge in [-0.2, -0.15) is 4.31 Å². The van der Waals surface area contributed by atoms with Crippen molar-refractivity contribution in [2.45, 2.75) is 30.0 Å². The van der Waals surface area contributed by atoms with Gasteiger partial charge < -0.3 is 5.32 Å². The zero-order valence-corrected chi connectivity index (χ0v) is 14.4. The molecule has 122 valence electrons. The number of nitrogens with zero attached hydrogens (tertiary/aromatic N) is 1. The van der Waals surface area contributed by atoms with E-state index >= 15 is 0 Å². The van der Waals surface area contributed by atoms with Crippen molar-refractivity contribution in [2.24, 2.45) is 0 Å². The van der Waals surface area contributed by atoms with Crippen molar-refractivity contribution in [1.82, 2.24) is 4.31 Å². The molecule has 23 heavy (non-hydrogen) atoms. The summed E-state index contributed by atoms with van der Waals surface area (Å²) in [6.07, 6.45) is 1.24. The van der Waals surface area contributed by atoms with Crippen molar-refractivity contribution < 1.29 is 13.2 Å². The van der Waals surface area contributed by atoms with E-state index in [2.05, 4.69) is 5.32 Å². The number of amides is 1. The second-order valence-corrected chi connectivity index (χ2v) is 8.63. The first-order chi connectivity index (χ1) is 11.0. The summed E-state index contributed by atoms with van der Waals surface area (Å²) in [5, 5.41) is 4.54. The smallest absolute Gasteiger partial charge is 0.253 e. The summed E-state index contributed by atoms with van der Waals surface area (Å²) < 4.78 is 26.9. The Bertz CT molecular complexity index is 783. The van der Waals surface area contributed by atoms with Crippen LogP contribution in [0.5, 0.6) is 0 Å². The Balaban J connectivity index is 1.79. The molecule has 5 nitrogen and oxygen atoms in total. The molecule has 0 aliphatic carbocycles. The van der Waals surface area contributed by atoms with E-state index in [0.717, 1.165) is 5.56 Å². The lowest BCUT2D eigenvalue weighted by molar-refractivity contribution is -0.119. The highest BCUT2D eigenvalue weighted by Crippen LogP contribution is 2.29. The second kappa shape index (κ2) is 6.43. The average Bonchev–Trinajstić information content (AvgIpc) is 3.21. The third-order valence-corrected chi connectivity index (χ3v) is 7.16. The van der Waals surface area contributed by atoms with Gasteiger partial charge in [0.1, 0.15) is 10.3 Å². The van der Waals surface area contributed by atoms with Crippen LogP contribution in [-0.4, -0.2) is 31.2 Å². The molecule has 7 heteroatoms. The van der Waals surface area contributed by atoms with Gasteiger partial charge in [-0.15, -0.1) is 11.3 Å². The predicted molar refractivity (Wildman–Crippen MR) is 91.0 cm³/mol. The highest BCUT2D eigenvalue weighted by atomic mass is 32.2. The van der Waals surface area contributed by atoms with E-state index in [1.165, 1.54) is 15.6 Å². The Labute approximate surface area is 140 Å². The zero-order valence-electron chi connectivity index (χ0n) is 12.7. The fraction of sp³-hybridized carbons (Fsp3) is 0.312. The molecule has 2 aromatic rings. The zero-order chi connectivity index (χ0) is 16.4. The summed E-state index contributed by atoms with van der Waals surface area (Å²) in [5.74, 6) is -0.272. The molecule has 1 fully saturated rings. The highest BCUT2D eigenvalue weighted by Gasteiger charge is 2.39. The highest BCUT2D eigenvalue weighted by molar-refractivity contribution is 7.91. The molecular formula is C16H18N2O3S2. The van der Waals surface area contributed by atoms with Crippen LogP contribution in [0.3, 0.4) is 0 Å². The van der Waals surface area contributed by atoms with Crippen LogP contribution in [0.25, 0.3) is 0 Å². The molecule has 1 N–H and O–H groups in total. The average molecular weight is 350 g/mol. The molecule has 1 aromatic heterocycles. The number of aryl methyl sites for hydroxylation is 1. The van der Waals surface area contributed by atoms with Crippen molar-refractivity contribution in [3.05, 3.63) is 47.3 Å².